The fourth-order valence-corrected chi connectivity index (χ4v) is 6.46. The van der Waals surface area contributed by atoms with Crippen molar-refractivity contribution < 1.29 is 25.3 Å². The van der Waals surface area contributed by atoms with Gasteiger partial charge in [-0.25, -0.2) is 25.3 Å². The van der Waals surface area contributed by atoms with E-state index >= 15 is 0 Å². The third kappa shape index (κ3) is 9.26. The maximum atomic E-state index is 13.3. The Kier molecular flexibility index (Phi) is 10.9. The molecule has 0 bridgehead atoms. The van der Waals surface area contributed by atoms with Crippen LogP contribution in [0.1, 0.15) is 16.7 Å². The van der Waals surface area contributed by atoms with Crippen molar-refractivity contribution in [2.45, 2.75) is 35.5 Å². The summed E-state index contributed by atoms with van der Waals surface area (Å²) in [6, 6.07) is 19.0. The van der Waals surface area contributed by atoms with Crippen LogP contribution in [-0.2, 0) is 30.1 Å². The summed E-state index contributed by atoms with van der Waals surface area (Å²) in [7, 11) is -11.5. The number of aryl methyl sites for hydroxylation is 3. The first kappa shape index (κ1) is 32.0. The summed E-state index contributed by atoms with van der Waals surface area (Å²) >= 11 is 0. The van der Waals surface area contributed by atoms with Crippen molar-refractivity contribution in [2.24, 2.45) is 0 Å². The van der Waals surface area contributed by atoms with Crippen LogP contribution in [0.3, 0.4) is 0 Å². The molecule has 0 heterocycles. The lowest BCUT2D eigenvalue weighted by molar-refractivity contribution is 0.482. The van der Waals surface area contributed by atoms with E-state index in [1.807, 2.05) is 20.8 Å². The second-order valence-electron chi connectivity index (χ2n) is 9.07. The fourth-order valence-electron chi connectivity index (χ4n) is 3.36. The minimum Gasteiger partial charge on any atom is -0.207 e. The molecule has 2 N–H and O–H groups in total. The molecule has 0 aliphatic rings. The Morgan fingerprint density at radius 3 is 1.17 bits per heavy atom. The van der Waals surface area contributed by atoms with Crippen LogP contribution in [0.15, 0.2) is 87.5 Å². The van der Waals surface area contributed by atoms with Gasteiger partial charge in [0.05, 0.1) is 40.9 Å². The lowest BCUT2D eigenvalue weighted by atomic mass is 10.2. The molecule has 12 heteroatoms. The van der Waals surface area contributed by atoms with Crippen LogP contribution in [-0.4, -0.2) is 55.7 Å². The second-order valence-corrected chi connectivity index (χ2v) is 14.5. The summed E-state index contributed by atoms with van der Waals surface area (Å²) in [4.78, 5) is 0.246. The van der Waals surface area contributed by atoms with Gasteiger partial charge in [0.1, 0.15) is 0 Å². The Morgan fingerprint density at radius 1 is 0.512 bits per heavy atom. The first-order valence-corrected chi connectivity index (χ1v) is 16.8. The van der Waals surface area contributed by atoms with Gasteiger partial charge in [-0.1, -0.05) is 76.8 Å². The highest BCUT2D eigenvalue weighted by Gasteiger charge is 2.23. The van der Waals surface area contributed by atoms with Gasteiger partial charge in [-0.2, -0.15) is 13.7 Å². The lowest BCUT2D eigenvalue weighted by Crippen LogP contribution is -2.32. The molecule has 216 valence electrons. The zero-order valence-electron chi connectivity index (χ0n) is 22.9. The fraction of sp³-hybridized carbons (Fsp3) is 0.241. The van der Waals surface area contributed by atoms with E-state index in [1.54, 1.807) is 36.4 Å². The average Bonchev–Trinajstić information content (AvgIpc) is 2.92. The first-order valence-electron chi connectivity index (χ1n) is 12.4. The minimum absolute atomic E-state index is 0.0480. The normalized spacial score (nSPS) is 11.8. The summed E-state index contributed by atoms with van der Waals surface area (Å²) in [6.07, 6.45) is 0. The van der Waals surface area contributed by atoms with Crippen molar-refractivity contribution in [1.29, 1.82) is 0 Å². The predicted molar refractivity (Wildman–Crippen MR) is 158 cm³/mol. The minimum atomic E-state index is -3.99. The van der Waals surface area contributed by atoms with Crippen molar-refractivity contribution in [3.05, 3.63) is 89.5 Å². The number of hydrogen-bond acceptors (Lipinski definition) is 6. The number of benzene rings is 3. The van der Waals surface area contributed by atoms with Crippen LogP contribution in [0.5, 0.6) is 0 Å². The van der Waals surface area contributed by atoms with Crippen molar-refractivity contribution in [1.82, 2.24) is 13.7 Å². The summed E-state index contributed by atoms with van der Waals surface area (Å²) in [5.41, 5.74) is 2.73. The molecule has 0 atom stereocenters. The molecule has 0 fully saturated rings. The predicted octanol–water partition coefficient (Wildman–Crippen LogP) is 2.57. The quantitative estimate of drug-likeness (QED) is 0.338. The Balaban J connectivity index is 1.69. The zero-order chi connectivity index (χ0) is 30.1. The smallest absolute Gasteiger partial charge is 0.207 e. The molecule has 9 nitrogen and oxygen atoms in total. The Morgan fingerprint density at radius 2 is 0.829 bits per heavy atom. The van der Waals surface area contributed by atoms with Crippen molar-refractivity contribution in [2.75, 3.05) is 26.2 Å². The molecule has 0 radical (unpaired) electrons. The molecule has 0 saturated carbocycles. The monoisotopic (exact) mass is 613 g/mol. The molecule has 0 amide bonds. The van der Waals surface area contributed by atoms with E-state index in [9.17, 15) is 25.3 Å². The number of rotatable bonds is 10. The van der Waals surface area contributed by atoms with E-state index in [0.717, 1.165) is 21.0 Å². The third-order valence-corrected chi connectivity index (χ3v) is 10.4. The van der Waals surface area contributed by atoms with Crippen molar-refractivity contribution >= 4 is 30.1 Å². The molecule has 0 aliphatic heterocycles. The average molecular weight is 614 g/mol. The number of hydrogen-bond donors (Lipinski definition) is 2. The molecular weight excluding hydrogens is 583 g/mol. The largest absolute Gasteiger partial charge is 0.244 e. The van der Waals surface area contributed by atoms with E-state index in [0.29, 0.717) is 0 Å². The van der Waals surface area contributed by atoms with E-state index in [-0.39, 0.29) is 40.9 Å². The number of nitrogens with zero attached hydrogens (tertiary/aromatic N) is 1. The number of sulfonamides is 3. The summed E-state index contributed by atoms with van der Waals surface area (Å²) < 4.78 is 82.1. The second kappa shape index (κ2) is 13.9. The van der Waals surface area contributed by atoms with Crippen LogP contribution in [0.2, 0.25) is 0 Å². The Labute approximate surface area is 243 Å². The van der Waals surface area contributed by atoms with Crippen LogP contribution in [0, 0.1) is 44.5 Å². The maximum Gasteiger partial charge on any atom is 0.244 e. The summed E-state index contributed by atoms with van der Waals surface area (Å²) in [5, 5.41) is 0. The van der Waals surface area contributed by atoms with Gasteiger partial charge in [-0.3, -0.25) is 0 Å². The van der Waals surface area contributed by atoms with Gasteiger partial charge in [0.25, 0.3) is 0 Å². The third-order valence-electron chi connectivity index (χ3n) is 5.78. The number of nitrogens with one attached hydrogen (secondary N) is 2. The lowest BCUT2D eigenvalue weighted by Gasteiger charge is -2.17. The highest BCUT2D eigenvalue weighted by molar-refractivity contribution is 7.90. The molecule has 0 saturated heterocycles. The van der Waals surface area contributed by atoms with Gasteiger partial charge in [-0.15, -0.1) is 0 Å². The van der Waals surface area contributed by atoms with Crippen molar-refractivity contribution in [3.8, 4) is 23.7 Å². The van der Waals surface area contributed by atoms with Crippen LogP contribution in [0.4, 0.5) is 0 Å². The molecule has 0 spiro atoms. The first-order chi connectivity index (χ1) is 19.3. The van der Waals surface area contributed by atoms with Crippen molar-refractivity contribution in [3.63, 3.8) is 0 Å². The molecule has 0 unspecified atom stereocenters. The van der Waals surface area contributed by atoms with Gasteiger partial charge >= 0.3 is 0 Å². The van der Waals surface area contributed by atoms with E-state index in [2.05, 4.69) is 33.1 Å². The zero-order valence-corrected chi connectivity index (χ0v) is 25.3. The van der Waals surface area contributed by atoms with E-state index in [1.165, 1.54) is 36.4 Å². The van der Waals surface area contributed by atoms with Crippen LogP contribution < -0.4 is 9.44 Å². The molecular formula is C29H31N3O6S3. The van der Waals surface area contributed by atoms with Gasteiger partial charge < -0.3 is 0 Å². The molecule has 41 heavy (non-hydrogen) atoms. The molecule has 3 aromatic carbocycles. The Hall–Kier alpha value is -3.49. The molecule has 0 aliphatic carbocycles. The molecule has 3 rings (SSSR count). The van der Waals surface area contributed by atoms with Gasteiger partial charge in [0.15, 0.2) is 0 Å². The maximum absolute atomic E-state index is 13.3. The SMILES string of the molecule is Cc1ccc(S(=O)(=O)NCC#CCN(CC#CCNS(=O)(=O)c2ccc(C)cc2)S(=O)(=O)c2ccc(C)cc2)cc1. The van der Waals surface area contributed by atoms with Gasteiger partial charge in [-0.05, 0) is 57.2 Å². The molecule has 3 aromatic rings. The summed E-state index contributed by atoms with van der Waals surface area (Å²) in [6.45, 7) is 4.57. The van der Waals surface area contributed by atoms with Gasteiger partial charge in [0.2, 0.25) is 30.1 Å². The highest BCUT2D eigenvalue weighted by atomic mass is 32.2. The highest BCUT2D eigenvalue weighted by Crippen LogP contribution is 2.16. The van der Waals surface area contributed by atoms with Gasteiger partial charge in [0, 0.05) is 0 Å². The summed E-state index contributed by atoms with van der Waals surface area (Å²) in [5.74, 6) is 10.7. The van der Waals surface area contributed by atoms with Crippen LogP contribution in [0.25, 0.3) is 0 Å². The molecule has 0 aromatic heterocycles. The Bertz CT molecular complexity index is 1700. The standard InChI is InChI=1S/C29H31N3O6S3/c1-24-8-14-27(15-9-24)39(33,34)30-20-4-6-22-32(41(37,38)29-18-12-26(3)13-19-29)23-7-5-21-31-40(35,36)28-16-10-25(2)11-17-28/h8-19,30-31H,20-23H2,1-3H3. The van der Waals surface area contributed by atoms with E-state index in [4.69, 9.17) is 0 Å². The van der Waals surface area contributed by atoms with E-state index < -0.39 is 30.1 Å². The topological polar surface area (TPSA) is 130 Å². The van der Waals surface area contributed by atoms with Crippen LogP contribution >= 0.6 is 0 Å².